The number of carbonyl (C=O) groups is 1. The normalized spacial score (nSPS) is 11.1. The molecule has 3 N–H and O–H groups in total. The highest BCUT2D eigenvalue weighted by atomic mass is 32.2. The fraction of sp³-hybridized carbons (Fsp3) is 0.500. The Bertz CT molecular complexity index is 618. The van der Waals surface area contributed by atoms with Crippen molar-refractivity contribution < 1.29 is 27.8 Å². The van der Waals surface area contributed by atoms with E-state index in [4.69, 9.17) is 14.6 Å². The van der Waals surface area contributed by atoms with Crippen LogP contribution in [0.5, 0.6) is 5.75 Å². The van der Waals surface area contributed by atoms with Crippen LogP contribution in [0.25, 0.3) is 0 Å². The number of rotatable bonds is 9. The number of hydrogen-bond donors (Lipinski definition) is 3. The molecule has 8 nitrogen and oxygen atoms in total. The van der Waals surface area contributed by atoms with Gasteiger partial charge in [-0.25, -0.2) is 17.9 Å². The van der Waals surface area contributed by atoms with Crippen molar-refractivity contribution in [2.45, 2.75) is 25.2 Å². The summed E-state index contributed by atoms with van der Waals surface area (Å²) in [6.07, 6.45) is -0.388. The lowest BCUT2D eigenvalue weighted by molar-refractivity contribution is 0.167. The maximum atomic E-state index is 12.2. The summed E-state index contributed by atoms with van der Waals surface area (Å²) in [4.78, 5) is 11.5. The molecule has 0 saturated heterocycles. The lowest BCUT2D eigenvalue weighted by atomic mass is 10.3. The van der Waals surface area contributed by atoms with Crippen molar-refractivity contribution in [2.24, 2.45) is 0 Å². The van der Waals surface area contributed by atoms with Crippen LogP contribution in [0.2, 0.25) is 0 Å². The van der Waals surface area contributed by atoms with Gasteiger partial charge in [-0.1, -0.05) is 0 Å². The molecule has 1 amide bonds. The Hall–Kier alpha value is -1.84. The Morgan fingerprint density at radius 3 is 2.61 bits per heavy atom. The lowest BCUT2D eigenvalue weighted by Crippen LogP contribution is -2.25. The van der Waals surface area contributed by atoms with E-state index in [1.54, 1.807) is 13.8 Å². The van der Waals surface area contributed by atoms with Gasteiger partial charge in [0.2, 0.25) is 10.0 Å². The number of amides is 1. The lowest BCUT2D eigenvalue weighted by Gasteiger charge is -2.13. The van der Waals surface area contributed by atoms with Crippen molar-refractivity contribution in [1.82, 2.24) is 4.72 Å². The Morgan fingerprint density at radius 2 is 2.00 bits per heavy atom. The zero-order valence-corrected chi connectivity index (χ0v) is 14.0. The van der Waals surface area contributed by atoms with Crippen LogP contribution in [0.1, 0.15) is 20.3 Å². The van der Waals surface area contributed by atoms with Crippen LogP contribution < -0.4 is 14.8 Å². The van der Waals surface area contributed by atoms with E-state index in [1.807, 2.05) is 0 Å². The summed E-state index contributed by atoms with van der Waals surface area (Å²) < 4.78 is 36.8. The van der Waals surface area contributed by atoms with Crippen LogP contribution >= 0.6 is 0 Å². The molecule has 0 heterocycles. The molecule has 0 aliphatic carbocycles. The van der Waals surface area contributed by atoms with Gasteiger partial charge in [0.05, 0.1) is 23.8 Å². The van der Waals surface area contributed by atoms with Gasteiger partial charge in [-0.2, -0.15) is 0 Å². The second-order valence-electron chi connectivity index (χ2n) is 4.41. The number of anilines is 1. The maximum absolute atomic E-state index is 12.2. The van der Waals surface area contributed by atoms with E-state index < -0.39 is 16.1 Å². The van der Waals surface area contributed by atoms with Crippen molar-refractivity contribution in [3.8, 4) is 5.75 Å². The first kappa shape index (κ1) is 19.2. The number of ether oxygens (including phenoxy) is 2. The number of sulfonamides is 1. The Morgan fingerprint density at radius 1 is 1.26 bits per heavy atom. The Labute approximate surface area is 135 Å². The van der Waals surface area contributed by atoms with Crippen LogP contribution in [-0.2, 0) is 14.8 Å². The van der Waals surface area contributed by atoms with E-state index in [1.165, 1.54) is 18.2 Å². The number of nitrogens with one attached hydrogen (secondary N) is 2. The monoisotopic (exact) mass is 346 g/mol. The van der Waals surface area contributed by atoms with E-state index in [0.717, 1.165) is 0 Å². The van der Waals surface area contributed by atoms with Gasteiger partial charge in [0.25, 0.3) is 0 Å². The molecular weight excluding hydrogens is 324 g/mol. The number of benzene rings is 1. The molecule has 130 valence electrons. The van der Waals surface area contributed by atoms with Crippen LogP contribution in [0.15, 0.2) is 23.1 Å². The molecule has 0 saturated carbocycles. The highest BCUT2D eigenvalue weighted by Crippen LogP contribution is 2.28. The molecule has 9 heteroatoms. The largest absolute Gasteiger partial charge is 0.492 e. The molecule has 0 aliphatic rings. The predicted octanol–water partition coefficient (Wildman–Crippen LogP) is 1.31. The fourth-order valence-electron chi connectivity index (χ4n) is 1.70. The molecule has 1 rings (SSSR count). The molecule has 0 atom stereocenters. The SMILES string of the molecule is CCOC(=O)Nc1cc(S(=O)(=O)NCCCO)ccc1OCC. The highest BCUT2D eigenvalue weighted by molar-refractivity contribution is 7.89. The summed E-state index contributed by atoms with van der Waals surface area (Å²) >= 11 is 0. The minimum Gasteiger partial charge on any atom is -0.492 e. The molecule has 0 aromatic heterocycles. The summed E-state index contributed by atoms with van der Waals surface area (Å²) in [7, 11) is -3.74. The van der Waals surface area contributed by atoms with Gasteiger partial charge in [0, 0.05) is 13.2 Å². The Balaban J connectivity index is 3.04. The molecule has 1 aromatic rings. The quantitative estimate of drug-likeness (QED) is 0.581. The second kappa shape index (κ2) is 9.33. The minimum absolute atomic E-state index is 0.0225. The van der Waals surface area contributed by atoms with E-state index in [0.29, 0.717) is 18.8 Å². The molecule has 0 unspecified atom stereocenters. The van der Waals surface area contributed by atoms with Crippen molar-refractivity contribution in [3.63, 3.8) is 0 Å². The predicted molar refractivity (Wildman–Crippen MR) is 85.1 cm³/mol. The summed E-state index contributed by atoms with van der Waals surface area (Å²) in [5.74, 6) is 0.342. The standard InChI is InChI=1S/C14H22N2O6S/c1-3-21-13-7-6-11(23(19,20)15-8-5-9-17)10-12(13)16-14(18)22-4-2/h6-7,10,15,17H,3-5,8-9H2,1-2H3,(H,16,18). The second-order valence-corrected chi connectivity index (χ2v) is 6.18. The van der Waals surface area contributed by atoms with Crippen molar-refractivity contribution >= 4 is 21.8 Å². The van der Waals surface area contributed by atoms with Gasteiger partial charge in [0.1, 0.15) is 5.75 Å². The smallest absolute Gasteiger partial charge is 0.411 e. The average molecular weight is 346 g/mol. The highest BCUT2D eigenvalue weighted by Gasteiger charge is 2.17. The van der Waals surface area contributed by atoms with E-state index in [9.17, 15) is 13.2 Å². The van der Waals surface area contributed by atoms with Gasteiger partial charge in [0.15, 0.2) is 0 Å². The molecule has 0 radical (unpaired) electrons. The number of aliphatic hydroxyl groups is 1. The van der Waals surface area contributed by atoms with Gasteiger partial charge in [-0.3, -0.25) is 5.32 Å². The number of carbonyl (C=O) groups excluding carboxylic acids is 1. The molecule has 23 heavy (non-hydrogen) atoms. The van der Waals surface area contributed by atoms with Crippen LogP contribution in [-0.4, -0.2) is 46.0 Å². The van der Waals surface area contributed by atoms with Gasteiger partial charge in [-0.15, -0.1) is 0 Å². The molecule has 1 aromatic carbocycles. The summed E-state index contributed by atoms with van der Waals surface area (Å²) in [5, 5.41) is 11.2. The number of hydrogen-bond acceptors (Lipinski definition) is 6. The third kappa shape index (κ3) is 6.05. The zero-order valence-electron chi connectivity index (χ0n) is 13.2. The third-order valence-corrected chi connectivity index (χ3v) is 4.16. The van der Waals surface area contributed by atoms with Gasteiger partial charge >= 0.3 is 6.09 Å². The number of aliphatic hydroxyl groups excluding tert-OH is 1. The topological polar surface area (TPSA) is 114 Å². The molecule has 0 spiro atoms. The minimum atomic E-state index is -3.74. The molecular formula is C14H22N2O6S. The van der Waals surface area contributed by atoms with Crippen molar-refractivity contribution in [2.75, 3.05) is 31.7 Å². The molecule has 0 aliphatic heterocycles. The first-order chi connectivity index (χ1) is 10.9. The maximum Gasteiger partial charge on any atom is 0.411 e. The molecule has 0 fully saturated rings. The zero-order chi connectivity index (χ0) is 17.3. The first-order valence-electron chi connectivity index (χ1n) is 7.25. The van der Waals surface area contributed by atoms with Crippen LogP contribution in [0.4, 0.5) is 10.5 Å². The fourth-order valence-corrected chi connectivity index (χ4v) is 2.80. The summed E-state index contributed by atoms with van der Waals surface area (Å²) in [6.45, 7) is 3.99. The molecule has 0 bridgehead atoms. The third-order valence-electron chi connectivity index (χ3n) is 2.70. The average Bonchev–Trinajstić information content (AvgIpc) is 2.49. The Kier molecular flexibility index (Phi) is 7.79. The van der Waals surface area contributed by atoms with E-state index in [-0.39, 0.29) is 30.3 Å². The van der Waals surface area contributed by atoms with Gasteiger partial charge in [-0.05, 0) is 38.5 Å². The van der Waals surface area contributed by atoms with Crippen LogP contribution in [0, 0.1) is 0 Å². The van der Waals surface area contributed by atoms with E-state index in [2.05, 4.69) is 10.0 Å². The van der Waals surface area contributed by atoms with Crippen molar-refractivity contribution in [1.29, 1.82) is 0 Å². The van der Waals surface area contributed by atoms with Gasteiger partial charge < -0.3 is 14.6 Å². The first-order valence-corrected chi connectivity index (χ1v) is 8.74. The summed E-state index contributed by atoms with van der Waals surface area (Å²) in [6, 6.07) is 4.14. The van der Waals surface area contributed by atoms with E-state index >= 15 is 0 Å². The summed E-state index contributed by atoms with van der Waals surface area (Å²) in [5.41, 5.74) is 0.204. The van der Waals surface area contributed by atoms with Crippen molar-refractivity contribution in [3.05, 3.63) is 18.2 Å². The van der Waals surface area contributed by atoms with Crippen LogP contribution in [0.3, 0.4) is 0 Å².